The summed E-state index contributed by atoms with van der Waals surface area (Å²) in [7, 11) is 0. The van der Waals surface area contributed by atoms with Gasteiger partial charge in [-0.3, -0.25) is 0 Å². The minimum Gasteiger partial charge on any atom is -0.493 e. The summed E-state index contributed by atoms with van der Waals surface area (Å²) in [6, 6.07) is 6.15. The molecule has 0 heterocycles. The van der Waals surface area contributed by atoms with Crippen molar-refractivity contribution < 1.29 is 4.74 Å². The minimum atomic E-state index is 0.656. The standard InChI is InChI=1S/C15H24BrNO/c1-2-3-4-5-6-11-18-15-8-7-14(16)12-13(15)9-10-17/h7-8,12H,2-6,9-11,17H2,1H3. The summed E-state index contributed by atoms with van der Waals surface area (Å²) in [6.45, 7) is 3.70. The zero-order valence-corrected chi connectivity index (χ0v) is 12.8. The molecule has 2 nitrogen and oxygen atoms in total. The summed E-state index contributed by atoms with van der Waals surface area (Å²) in [4.78, 5) is 0. The Morgan fingerprint density at radius 1 is 1.17 bits per heavy atom. The van der Waals surface area contributed by atoms with Crippen LogP contribution in [0.3, 0.4) is 0 Å². The van der Waals surface area contributed by atoms with E-state index < -0.39 is 0 Å². The van der Waals surface area contributed by atoms with Crippen molar-refractivity contribution >= 4 is 15.9 Å². The van der Waals surface area contributed by atoms with Gasteiger partial charge in [0.25, 0.3) is 0 Å². The second kappa shape index (κ2) is 9.40. The van der Waals surface area contributed by atoms with E-state index in [1.165, 1.54) is 31.2 Å². The lowest BCUT2D eigenvalue weighted by Crippen LogP contribution is -2.06. The van der Waals surface area contributed by atoms with Crippen molar-refractivity contribution in [2.75, 3.05) is 13.2 Å². The number of halogens is 1. The van der Waals surface area contributed by atoms with Crippen molar-refractivity contribution in [1.29, 1.82) is 0 Å². The van der Waals surface area contributed by atoms with E-state index in [4.69, 9.17) is 10.5 Å². The van der Waals surface area contributed by atoms with E-state index in [9.17, 15) is 0 Å². The Kier molecular flexibility index (Phi) is 8.10. The summed E-state index contributed by atoms with van der Waals surface area (Å²) in [5.41, 5.74) is 6.81. The van der Waals surface area contributed by atoms with Crippen molar-refractivity contribution in [3.63, 3.8) is 0 Å². The van der Waals surface area contributed by atoms with E-state index in [0.717, 1.165) is 29.7 Å². The van der Waals surface area contributed by atoms with Crippen LogP contribution in [0.5, 0.6) is 5.75 Å². The summed E-state index contributed by atoms with van der Waals surface area (Å²) in [6.07, 6.45) is 7.19. The molecule has 0 radical (unpaired) electrons. The molecule has 0 bridgehead atoms. The fourth-order valence-electron chi connectivity index (χ4n) is 1.93. The van der Waals surface area contributed by atoms with E-state index in [1.807, 2.05) is 12.1 Å². The molecule has 0 saturated heterocycles. The second-order valence-corrected chi connectivity index (χ2v) is 5.47. The molecule has 0 spiro atoms. The van der Waals surface area contributed by atoms with Crippen LogP contribution in [0, 0.1) is 0 Å². The van der Waals surface area contributed by atoms with Crippen LogP contribution in [-0.2, 0) is 6.42 Å². The Balaban J connectivity index is 2.36. The SMILES string of the molecule is CCCCCCCOc1ccc(Br)cc1CCN. The zero-order chi connectivity index (χ0) is 13.2. The van der Waals surface area contributed by atoms with Crippen LogP contribution in [-0.4, -0.2) is 13.2 Å². The monoisotopic (exact) mass is 313 g/mol. The van der Waals surface area contributed by atoms with E-state index in [-0.39, 0.29) is 0 Å². The highest BCUT2D eigenvalue weighted by Gasteiger charge is 2.03. The molecule has 0 atom stereocenters. The fraction of sp³-hybridized carbons (Fsp3) is 0.600. The Morgan fingerprint density at radius 2 is 1.94 bits per heavy atom. The van der Waals surface area contributed by atoms with Gasteiger partial charge in [-0.1, -0.05) is 48.5 Å². The number of benzene rings is 1. The molecule has 0 aromatic heterocycles. The maximum absolute atomic E-state index is 5.85. The Labute approximate surface area is 119 Å². The van der Waals surface area contributed by atoms with Crippen molar-refractivity contribution in [1.82, 2.24) is 0 Å². The van der Waals surface area contributed by atoms with Crippen LogP contribution >= 0.6 is 15.9 Å². The van der Waals surface area contributed by atoms with E-state index in [2.05, 4.69) is 28.9 Å². The maximum Gasteiger partial charge on any atom is 0.122 e. The zero-order valence-electron chi connectivity index (χ0n) is 11.3. The first-order chi connectivity index (χ1) is 8.77. The first kappa shape index (κ1) is 15.5. The molecule has 0 amide bonds. The number of unbranched alkanes of at least 4 members (excludes halogenated alkanes) is 4. The van der Waals surface area contributed by atoms with Crippen LogP contribution in [0.25, 0.3) is 0 Å². The predicted octanol–water partition coefficient (Wildman–Crippen LogP) is 4.30. The van der Waals surface area contributed by atoms with Crippen LogP contribution in [0.1, 0.15) is 44.6 Å². The molecule has 2 N–H and O–H groups in total. The van der Waals surface area contributed by atoms with Gasteiger partial charge in [-0.25, -0.2) is 0 Å². The van der Waals surface area contributed by atoms with Crippen molar-refractivity contribution in [2.24, 2.45) is 5.73 Å². The quantitative estimate of drug-likeness (QED) is 0.690. The molecular formula is C15H24BrNO. The van der Waals surface area contributed by atoms with Gasteiger partial charge in [0.15, 0.2) is 0 Å². The smallest absolute Gasteiger partial charge is 0.122 e. The molecule has 0 aliphatic heterocycles. The molecular weight excluding hydrogens is 290 g/mol. The summed E-state index contributed by atoms with van der Waals surface area (Å²) in [5, 5.41) is 0. The third kappa shape index (κ3) is 5.87. The van der Waals surface area contributed by atoms with Crippen LogP contribution < -0.4 is 10.5 Å². The van der Waals surface area contributed by atoms with Crippen molar-refractivity contribution in [3.05, 3.63) is 28.2 Å². The molecule has 18 heavy (non-hydrogen) atoms. The van der Waals surface area contributed by atoms with Gasteiger partial charge in [0.05, 0.1) is 6.61 Å². The van der Waals surface area contributed by atoms with Gasteiger partial charge in [-0.2, -0.15) is 0 Å². The lowest BCUT2D eigenvalue weighted by atomic mass is 10.1. The fourth-order valence-corrected chi connectivity index (χ4v) is 2.34. The molecule has 3 heteroatoms. The highest BCUT2D eigenvalue weighted by atomic mass is 79.9. The highest BCUT2D eigenvalue weighted by Crippen LogP contribution is 2.23. The number of ether oxygens (including phenoxy) is 1. The summed E-state index contributed by atoms with van der Waals surface area (Å²) in [5.74, 6) is 0.985. The Bertz CT molecular complexity index is 341. The molecule has 0 unspecified atom stereocenters. The average Bonchev–Trinajstić information content (AvgIpc) is 2.36. The van der Waals surface area contributed by atoms with Gasteiger partial charge in [0, 0.05) is 4.47 Å². The number of rotatable bonds is 9. The molecule has 0 aliphatic rings. The third-order valence-corrected chi connectivity index (χ3v) is 3.43. The van der Waals surface area contributed by atoms with Crippen molar-refractivity contribution in [2.45, 2.75) is 45.4 Å². The van der Waals surface area contributed by atoms with Gasteiger partial charge in [-0.05, 0) is 43.1 Å². The van der Waals surface area contributed by atoms with Gasteiger partial charge >= 0.3 is 0 Å². The van der Waals surface area contributed by atoms with Gasteiger partial charge in [0.1, 0.15) is 5.75 Å². The maximum atomic E-state index is 5.85. The van der Waals surface area contributed by atoms with E-state index >= 15 is 0 Å². The normalized spacial score (nSPS) is 10.6. The molecule has 0 fully saturated rings. The second-order valence-electron chi connectivity index (χ2n) is 4.55. The molecule has 0 saturated carbocycles. The number of hydrogen-bond donors (Lipinski definition) is 1. The first-order valence-electron chi connectivity index (χ1n) is 6.89. The van der Waals surface area contributed by atoms with Crippen LogP contribution in [0.2, 0.25) is 0 Å². The largest absolute Gasteiger partial charge is 0.493 e. The predicted molar refractivity (Wildman–Crippen MR) is 81.2 cm³/mol. The summed E-state index contributed by atoms with van der Waals surface area (Å²) >= 11 is 3.48. The first-order valence-corrected chi connectivity index (χ1v) is 7.68. The van der Waals surface area contributed by atoms with Gasteiger partial charge in [0.2, 0.25) is 0 Å². The molecule has 102 valence electrons. The van der Waals surface area contributed by atoms with Crippen molar-refractivity contribution in [3.8, 4) is 5.75 Å². The molecule has 1 aromatic carbocycles. The van der Waals surface area contributed by atoms with E-state index in [0.29, 0.717) is 6.54 Å². The van der Waals surface area contributed by atoms with Gasteiger partial charge in [-0.15, -0.1) is 0 Å². The summed E-state index contributed by atoms with van der Waals surface area (Å²) < 4.78 is 6.93. The molecule has 1 rings (SSSR count). The average molecular weight is 314 g/mol. The highest BCUT2D eigenvalue weighted by molar-refractivity contribution is 9.10. The third-order valence-electron chi connectivity index (χ3n) is 2.94. The minimum absolute atomic E-state index is 0.656. The molecule has 1 aromatic rings. The topological polar surface area (TPSA) is 35.2 Å². The Hall–Kier alpha value is -0.540. The lowest BCUT2D eigenvalue weighted by molar-refractivity contribution is 0.301. The van der Waals surface area contributed by atoms with E-state index in [1.54, 1.807) is 0 Å². The van der Waals surface area contributed by atoms with Crippen LogP contribution in [0.15, 0.2) is 22.7 Å². The van der Waals surface area contributed by atoms with Gasteiger partial charge < -0.3 is 10.5 Å². The molecule has 0 aliphatic carbocycles. The lowest BCUT2D eigenvalue weighted by Gasteiger charge is -2.11. The number of hydrogen-bond acceptors (Lipinski definition) is 2. The van der Waals surface area contributed by atoms with Crippen LogP contribution in [0.4, 0.5) is 0 Å². The number of nitrogens with two attached hydrogens (primary N) is 1. The Morgan fingerprint density at radius 3 is 2.67 bits per heavy atom.